The molecule has 6 heteroatoms. The van der Waals surface area contributed by atoms with Gasteiger partial charge in [0.05, 0.1) is 12.2 Å². The van der Waals surface area contributed by atoms with Gasteiger partial charge in [0.25, 0.3) is 5.91 Å². The summed E-state index contributed by atoms with van der Waals surface area (Å²) in [5, 5.41) is 6.39. The average molecular weight is 355 g/mol. The summed E-state index contributed by atoms with van der Waals surface area (Å²) in [6, 6.07) is 12.9. The molecule has 26 heavy (non-hydrogen) atoms. The number of nitrogens with one attached hydrogen (secondary N) is 2. The summed E-state index contributed by atoms with van der Waals surface area (Å²) >= 11 is 0. The van der Waals surface area contributed by atoms with Crippen molar-refractivity contribution in [3.05, 3.63) is 54.2 Å². The van der Waals surface area contributed by atoms with E-state index >= 15 is 0 Å². The number of carbonyl (C=O) groups is 1. The van der Waals surface area contributed by atoms with Crippen LogP contribution in [-0.4, -0.2) is 44.2 Å². The Labute approximate surface area is 153 Å². The summed E-state index contributed by atoms with van der Waals surface area (Å²) in [6.45, 7) is 3.15. The number of aromatic nitrogens is 1. The summed E-state index contributed by atoms with van der Waals surface area (Å²) < 4.78 is 11.0. The molecule has 0 radical (unpaired) electrons. The highest BCUT2D eigenvalue weighted by Gasteiger charge is 2.32. The van der Waals surface area contributed by atoms with E-state index in [2.05, 4.69) is 15.6 Å². The molecule has 0 atom stereocenters. The van der Waals surface area contributed by atoms with E-state index in [9.17, 15) is 4.79 Å². The highest BCUT2D eigenvalue weighted by atomic mass is 16.5. The predicted molar refractivity (Wildman–Crippen MR) is 99.5 cm³/mol. The van der Waals surface area contributed by atoms with Crippen LogP contribution in [0.3, 0.4) is 0 Å². The minimum absolute atomic E-state index is 0.000546. The standard InChI is InChI=1S/C20H25N3O3/c1-25-15-20(9-11-21-12-10-20)14-23-19(24)16-7-8-18(22-13-16)26-17-5-3-2-4-6-17/h2-8,13,21H,9-12,14-15H2,1H3,(H,23,24). The summed E-state index contributed by atoms with van der Waals surface area (Å²) in [7, 11) is 1.71. The van der Waals surface area contributed by atoms with Gasteiger partial charge in [-0.3, -0.25) is 4.79 Å². The Morgan fingerprint density at radius 3 is 2.62 bits per heavy atom. The van der Waals surface area contributed by atoms with Gasteiger partial charge in [-0.15, -0.1) is 0 Å². The first-order valence-corrected chi connectivity index (χ1v) is 8.88. The number of ether oxygens (including phenoxy) is 2. The lowest BCUT2D eigenvalue weighted by Crippen LogP contribution is -2.47. The molecular weight excluding hydrogens is 330 g/mol. The van der Waals surface area contributed by atoms with Crippen molar-refractivity contribution in [2.75, 3.05) is 33.4 Å². The number of para-hydroxylation sites is 1. The Morgan fingerprint density at radius 2 is 1.96 bits per heavy atom. The predicted octanol–water partition coefficient (Wildman–Crippen LogP) is 2.62. The van der Waals surface area contributed by atoms with Crippen molar-refractivity contribution in [2.24, 2.45) is 5.41 Å². The second kappa shape index (κ2) is 8.78. The smallest absolute Gasteiger partial charge is 0.252 e. The van der Waals surface area contributed by atoms with Crippen LogP contribution in [0, 0.1) is 5.41 Å². The molecule has 0 spiro atoms. The minimum atomic E-state index is -0.127. The highest BCUT2D eigenvalue weighted by molar-refractivity contribution is 5.93. The number of rotatable bonds is 7. The molecule has 3 rings (SSSR count). The molecule has 6 nitrogen and oxygen atoms in total. The van der Waals surface area contributed by atoms with Crippen LogP contribution in [0.5, 0.6) is 11.6 Å². The van der Waals surface area contributed by atoms with Crippen molar-refractivity contribution in [3.8, 4) is 11.6 Å². The van der Waals surface area contributed by atoms with Crippen molar-refractivity contribution < 1.29 is 14.3 Å². The molecule has 1 aromatic carbocycles. The molecule has 1 aliphatic heterocycles. The molecule has 0 unspecified atom stereocenters. The van der Waals surface area contributed by atoms with Gasteiger partial charge in [0, 0.05) is 31.3 Å². The fourth-order valence-electron chi connectivity index (χ4n) is 3.19. The maximum atomic E-state index is 12.5. The second-order valence-electron chi connectivity index (χ2n) is 6.67. The summed E-state index contributed by atoms with van der Waals surface area (Å²) in [4.78, 5) is 16.7. The van der Waals surface area contributed by atoms with E-state index < -0.39 is 0 Å². The second-order valence-corrected chi connectivity index (χ2v) is 6.67. The van der Waals surface area contributed by atoms with Gasteiger partial charge in [0.15, 0.2) is 0 Å². The van der Waals surface area contributed by atoms with E-state index in [1.807, 2.05) is 30.3 Å². The Morgan fingerprint density at radius 1 is 1.19 bits per heavy atom. The SMILES string of the molecule is COCC1(CNC(=O)c2ccc(Oc3ccccc3)nc2)CCNCC1. The topological polar surface area (TPSA) is 72.5 Å². The monoisotopic (exact) mass is 355 g/mol. The number of nitrogens with zero attached hydrogens (tertiary/aromatic N) is 1. The average Bonchev–Trinajstić information content (AvgIpc) is 2.69. The molecule has 138 valence electrons. The number of amides is 1. The zero-order chi connectivity index (χ0) is 18.2. The van der Waals surface area contributed by atoms with Gasteiger partial charge in [0.2, 0.25) is 5.88 Å². The molecule has 0 saturated carbocycles. The van der Waals surface area contributed by atoms with Crippen molar-refractivity contribution >= 4 is 5.91 Å². The molecule has 1 amide bonds. The van der Waals surface area contributed by atoms with Crippen LogP contribution >= 0.6 is 0 Å². The van der Waals surface area contributed by atoms with Crippen molar-refractivity contribution in [1.29, 1.82) is 0 Å². The van der Waals surface area contributed by atoms with Crippen LogP contribution in [0.25, 0.3) is 0 Å². The first kappa shape index (κ1) is 18.4. The fraction of sp³-hybridized carbons (Fsp3) is 0.400. The van der Waals surface area contributed by atoms with E-state index in [-0.39, 0.29) is 11.3 Å². The van der Waals surface area contributed by atoms with Gasteiger partial charge in [-0.1, -0.05) is 18.2 Å². The molecule has 1 saturated heterocycles. The number of carbonyl (C=O) groups excluding carboxylic acids is 1. The van der Waals surface area contributed by atoms with Gasteiger partial charge in [0.1, 0.15) is 5.75 Å². The molecule has 0 aliphatic carbocycles. The van der Waals surface area contributed by atoms with Crippen molar-refractivity contribution in [2.45, 2.75) is 12.8 Å². The van der Waals surface area contributed by atoms with E-state index in [1.54, 1.807) is 25.4 Å². The Hall–Kier alpha value is -2.44. The third kappa shape index (κ3) is 4.80. The number of benzene rings is 1. The molecule has 0 bridgehead atoms. The van der Waals surface area contributed by atoms with E-state index in [0.717, 1.165) is 25.9 Å². The highest BCUT2D eigenvalue weighted by Crippen LogP contribution is 2.28. The molecule has 1 aliphatic rings. The van der Waals surface area contributed by atoms with E-state index in [4.69, 9.17) is 9.47 Å². The van der Waals surface area contributed by atoms with Gasteiger partial charge in [-0.05, 0) is 44.1 Å². The van der Waals surface area contributed by atoms with Gasteiger partial charge in [-0.2, -0.15) is 0 Å². The van der Waals surface area contributed by atoms with E-state index in [1.165, 1.54) is 0 Å². The lowest BCUT2D eigenvalue weighted by atomic mass is 9.79. The molecule has 2 heterocycles. The largest absolute Gasteiger partial charge is 0.439 e. The van der Waals surface area contributed by atoms with Crippen molar-refractivity contribution in [1.82, 2.24) is 15.6 Å². The van der Waals surface area contributed by atoms with Crippen molar-refractivity contribution in [3.63, 3.8) is 0 Å². The van der Waals surface area contributed by atoms with Crippen LogP contribution in [-0.2, 0) is 4.74 Å². The molecule has 2 aromatic rings. The van der Waals surface area contributed by atoms with Crippen LogP contribution in [0.4, 0.5) is 0 Å². The zero-order valence-electron chi connectivity index (χ0n) is 15.0. The number of methoxy groups -OCH3 is 1. The molecule has 2 N–H and O–H groups in total. The Kier molecular flexibility index (Phi) is 6.20. The van der Waals surface area contributed by atoms with Gasteiger partial charge >= 0.3 is 0 Å². The lowest BCUT2D eigenvalue weighted by molar-refractivity contribution is 0.0511. The van der Waals surface area contributed by atoms with Crippen LogP contribution in [0.15, 0.2) is 48.7 Å². The number of pyridine rings is 1. The third-order valence-electron chi connectivity index (χ3n) is 4.70. The number of hydrogen-bond acceptors (Lipinski definition) is 5. The zero-order valence-corrected chi connectivity index (χ0v) is 15.0. The number of hydrogen-bond donors (Lipinski definition) is 2. The van der Waals surface area contributed by atoms with Crippen LogP contribution < -0.4 is 15.4 Å². The molecule has 1 fully saturated rings. The van der Waals surface area contributed by atoms with Crippen LogP contribution in [0.1, 0.15) is 23.2 Å². The maximum absolute atomic E-state index is 12.5. The minimum Gasteiger partial charge on any atom is -0.439 e. The van der Waals surface area contributed by atoms with Gasteiger partial charge in [-0.25, -0.2) is 4.98 Å². The summed E-state index contributed by atoms with van der Waals surface area (Å²) in [5.74, 6) is 1.05. The first-order chi connectivity index (χ1) is 12.7. The van der Waals surface area contributed by atoms with E-state index in [0.29, 0.717) is 30.3 Å². The third-order valence-corrected chi connectivity index (χ3v) is 4.70. The first-order valence-electron chi connectivity index (χ1n) is 8.88. The summed E-state index contributed by atoms with van der Waals surface area (Å²) in [5.41, 5.74) is 0.520. The van der Waals surface area contributed by atoms with Gasteiger partial charge < -0.3 is 20.1 Å². The Balaban J connectivity index is 1.57. The summed E-state index contributed by atoms with van der Waals surface area (Å²) in [6.07, 6.45) is 3.52. The number of piperidine rings is 1. The maximum Gasteiger partial charge on any atom is 0.252 e. The lowest BCUT2D eigenvalue weighted by Gasteiger charge is -2.37. The quantitative estimate of drug-likeness (QED) is 0.799. The normalized spacial score (nSPS) is 16.0. The fourth-order valence-corrected chi connectivity index (χ4v) is 3.19. The molecular formula is C20H25N3O3. The Bertz CT molecular complexity index is 692. The molecule has 1 aromatic heterocycles. The van der Waals surface area contributed by atoms with Crippen LogP contribution in [0.2, 0.25) is 0 Å².